The van der Waals surface area contributed by atoms with E-state index >= 15 is 0 Å². The Balaban J connectivity index is 1.54. The fraction of sp³-hybridized carbons (Fsp3) is 0.185. The Hall–Kier alpha value is -3.91. The molecule has 0 saturated heterocycles. The van der Waals surface area contributed by atoms with Gasteiger partial charge in [-0.3, -0.25) is 4.79 Å². The molecule has 0 spiro atoms. The number of phenolic OH excluding ortho intramolecular Hbond substituents is 1. The molecule has 4 rings (SSSR count). The van der Waals surface area contributed by atoms with Crippen LogP contribution < -0.4 is 5.32 Å². The highest BCUT2D eigenvalue weighted by Crippen LogP contribution is 2.25. The molecule has 35 heavy (non-hydrogen) atoms. The summed E-state index contributed by atoms with van der Waals surface area (Å²) in [6.45, 7) is 1.96. The zero-order valence-corrected chi connectivity index (χ0v) is 20.0. The third-order valence-electron chi connectivity index (χ3n) is 5.61. The third-order valence-corrected chi connectivity index (χ3v) is 6.62. The van der Waals surface area contributed by atoms with Crippen LogP contribution in [0.4, 0.5) is 0 Å². The topological polar surface area (TPSA) is 112 Å². The van der Waals surface area contributed by atoms with E-state index in [-0.39, 0.29) is 23.0 Å². The van der Waals surface area contributed by atoms with Crippen LogP contribution in [0.5, 0.6) is 5.75 Å². The number of nitrogens with zero attached hydrogens (tertiary/aromatic N) is 2. The molecule has 1 atom stereocenters. The number of thioether (sulfide) groups is 1. The van der Waals surface area contributed by atoms with Crippen molar-refractivity contribution < 1.29 is 19.8 Å². The van der Waals surface area contributed by atoms with Crippen molar-refractivity contribution in [2.75, 3.05) is 0 Å². The maximum Gasteiger partial charge on any atom is 0.336 e. The van der Waals surface area contributed by atoms with Crippen molar-refractivity contribution in [3.63, 3.8) is 0 Å². The standard InChI is InChI=1S/C27H25N3O4S/c1-2-19(13-17-6-9-20(31)10-7-17)29-26(32)24-15-22(27(33)34)21-14-18(8-11-23(21)30-24)16-35-25-5-3-4-12-28-25/h3-12,14-15,19,31H,2,13,16H2,1H3,(H,29,32)(H,33,34). The number of aromatic nitrogens is 2. The summed E-state index contributed by atoms with van der Waals surface area (Å²) in [6.07, 6.45) is 3.00. The van der Waals surface area contributed by atoms with Crippen LogP contribution in [-0.2, 0) is 12.2 Å². The lowest BCUT2D eigenvalue weighted by molar-refractivity contribution is 0.0699. The van der Waals surface area contributed by atoms with Crippen LogP contribution in [0.25, 0.3) is 10.9 Å². The number of aromatic hydroxyl groups is 1. The van der Waals surface area contributed by atoms with E-state index in [0.29, 0.717) is 29.5 Å². The first-order valence-electron chi connectivity index (χ1n) is 11.2. The Morgan fingerprint density at radius 3 is 2.49 bits per heavy atom. The number of nitrogens with one attached hydrogen (secondary N) is 1. The number of fused-ring (bicyclic) bond motifs is 1. The molecule has 4 aromatic rings. The van der Waals surface area contributed by atoms with Crippen molar-refractivity contribution in [2.24, 2.45) is 0 Å². The molecule has 1 amide bonds. The van der Waals surface area contributed by atoms with Gasteiger partial charge in [0.1, 0.15) is 11.4 Å². The molecule has 1 unspecified atom stereocenters. The summed E-state index contributed by atoms with van der Waals surface area (Å²) in [5.74, 6) is -0.721. The molecule has 2 aromatic carbocycles. The summed E-state index contributed by atoms with van der Waals surface area (Å²) in [6, 6.07) is 19.2. The van der Waals surface area contributed by atoms with Gasteiger partial charge in [0.25, 0.3) is 5.91 Å². The van der Waals surface area contributed by atoms with Crippen LogP contribution in [0.1, 0.15) is 45.3 Å². The fourth-order valence-electron chi connectivity index (χ4n) is 3.72. The smallest absolute Gasteiger partial charge is 0.336 e. The van der Waals surface area contributed by atoms with Gasteiger partial charge in [0, 0.05) is 23.4 Å². The zero-order valence-electron chi connectivity index (χ0n) is 19.1. The van der Waals surface area contributed by atoms with Gasteiger partial charge in [0.2, 0.25) is 0 Å². The molecule has 0 aliphatic carbocycles. The summed E-state index contributed by atoms with van der Waals surface area (Å²) < 4.78 is 0. The molecular formula is C27H25N3O4S. The molecule has 0 bridgehead atoms. The van der Waals surface area contributed by atoms with E-state index in [4.69, 9.17) is 0 Å². The molecule has 2 heterocycles. The number of hydrogen-bond acceptors (Lipinski definition) is 6. The minimum atomic E-state index is -1.11. The molecule has 0 fully saturated rings. The Morgan fingerprint density at radius 2 is 1.80 bits per heavy atom. The maximum atomic E-state index is 13.0. The van der Waals surface area contributed by atoms with Crippen LogP contribution in [0.15, 0.2) is 78.0 Å². The molecule has 0 radical (unpaired) electrons. The highest BCUT2D eigenvalue weighted by molar-refractivity contribution is 7.98. The number of amides is 1. The van der Waals surface area contributed by atoms with Gasteiger partial charge < -0.3 is 15.5 Å². The lowest BCUT2D eigenvalue weighted by Crippen LogP contribution is -2.36. The minimum absolute atomic E-state index is 0.0384. The Bertz CT molecular complexity index is 1340. The molecule has 3 N–H and O–H groups in total. The number of carbonyl (C=O) groups is 2. The normalized spacial score (nSPS) is 11.8. The van der Waals surface area contributed by atoms with Crippen LogP contribution in [0.3, 0.4) is 0 Å². The maximum absolute atomic E-state index is 13.0. The average molecular weight is 488 g/mol. The van der Waals surface area contributed by atoms with Crippen molar-refractivity contribution in [3.05, 3.63) is 95.3 Å². The number of carbonyl (C=O) groups excluding carboxylic acids is 1. The predicted molar refractivity (Wildman–Crippen MR) is 136 cm³/mol. The second kappa shape index (κ2) is 11.0. The first kappa shape index (κ1) is 24.2. The molecule has 178 valence electrons. The van der Waals surface area contributed by atoms with Gasteiger partial charge in [-0.15, -0.1) is 11.8 Å². The Labute approximate surface area is 207 Å². The van der Waals surface area contributed by atoms with E-state index in [9.17, 15) is 19.8 Å². The molecule has 8 heteroatoms. The van der Waals surface area contributed by atoms with Gasteiger partial charge in [-0.25, -0.2) is 14.8 Å². The number of carboxylic acid groups (broad SMARTS) is 1. The quantitative estimate of drug-likeness (QED) is 0.282. The van der Waals surface area contributed by atoms with Crippen molar-refractivity contribution in [1.29, 1.82) is 0 Å². The van der Waals surface area contributed by atoms with Crippen molar-refractivity contribution in [2.45, 2.75) is 36.6 Å². The molecule has 0 aliphatic rings. The first-order chi connectivity index (χ1) is 16.9. The number of phenols is 1. The van der Waals surface area contributed by atoms with E-state index < -0.39 is 11.9 Å². The summed E-state index contributed by atoms with van der Waals surface area (Å²) in [5.41, 5.74) is 2.47. The summed E-state index contributed by atoms with van der Waals surface area (Å²) in [5, 5.41) is 23.6. The first-order valence-corrected chi connectivity index (χ1v) is 12.2. The summed E-state index contributed by atoms with van der Waals surface area (Å²) >= 11 is 1.56. The molecule has 2 aromatic heterocycles. The number of carboxylic acids is 1. The van der Waals surface area contributed by atoms with Crippen LogP contribution >= 0.6 is 11.8 Å². The number of rotatable bonds is 9. The highest BCUT2D eigenvalue weighted by Gasteiger charge is 2.19. The number of benzene rings is 2. The van der Waals surface area contributed by atoms with Crippen LogP contribution in [-0.4, -0.2) is 38.1 Å². The van der Waals surface area contributed by atoms with Gasteiger partial charge in [-0.2, -0.15) is 0 Å². The van der Waals surface area contributed by atoms with E-state index in [1.54, 1.807) is 36.2 Å². The molecule has 7 nitrogen and oxygen atoms in total. The fourth-order valence-corrected chi connectivity index (χ4v) is 4.52. The van der Waals surface area contributed by atoms with Crippen molar-refractivity contribution in [3.8, 4) is 5.75 Å². The lowest BCUT2D eigenvalue weighted by atomic mass is 10.0. The van der Waals surface area contributed by atoms with E-state index in [2.05, 4.69) is 15.3 Å². The third kappa shape index (κ3) is 6.16. The highest BCUT2D eigenvalue weighted by atomic mass is 32.2. The van der Waals surface area contributed by atoms with E-state index in [1.165, 1.54) is 6.07 Å². The predicted octanol–water partition coefficient (Wildman–Crippen LogP) is 5.08. The van der Waals surface area contributed by atoms with E-state index in [1.807, 2.05) is 49.4 Å². The largest absolute Gasteiger partial charge is 0.508 e. The number of hydrogen-bond donors (Lipinski definition) is 3. The van der Waals surface area contributed by atoms with Gasteiger partial charge >= 0.3 is 5.97 Å². The monoisotopic (exact) mass is 487 g/mol. The molecule has 0 saturated carbocycles. The molecule has 0 aliphatic heterocycles. The van der Waals surface area contributed by atoms with Crippen molar-refractivity contribution in [1.82, 2.24) is 15.3 Å². The van der Waals surface area contributed by atoms with Gasteiger partial charge in [-0.05, 0) is 66.4 Å². The zero-order chi connectivity index (χ0) is 24.8. The van der Waals surface area contributed by atoms with Gasteiger partial charge in [0.05, 0.1) is 16.1 Å². The molecular weight excluding hydrogens is 462 g/mol. The van der Waals surface area contributed by atoms with E-state index in [0.717, 1.165) is 16.2 Å². The number of aromatic carboxylic acids is 1. The van der Waals surface area contributed by atoms with Gasteiger partial charge in [0.15, 0.2) is 0 Å². The number of pyridine rings is 2. The Morgan fingerprint density at radius 1 is 1.03 bits per heavy atom. The summed E-state index contributed by atoms with van der Waals surface area (Å²) in [4.78, 5) is 33.8. The average Bonchev–Trinajstić information content (AvgIpc) is 2.88. The Kier molecular flexibility index (Phi) is 7.62. The lowest BCUT2D eigenvalue weighted by Gasteiger charge is -2.17. The SMILES string of the molecule is CCC(Cc1ccc(O)cc1)NC(=O)c1cc(C(=O)O)c2cc(CSc3ccccn3)ccc2n1. The van der Waals surface area contributed by atoms with Gasteiger partial charge in [-0.1, -0.05) is 31.2 Å². The second-order valence-corrected chi connectivity index (χ2v) is 9.11. The minimum Gasteiger partial charge on any atom is -0.508 e. The second-order valence-electron chi connectivity index (χ2n) is 8.12. The summed E-state index contributed by atoms with van der Waals surface area (Å²) in [7, 11) is 0. The van der Waals surface area contributed by atoms with Crippen LogP contribution in [0, 0.1) is 0 Å². The van der Waals surface area contributed by atoms with Crippen LogP contribution in [0.2, 0.25) is 0 Å². The van der Waals surface area contributed by atoms with Crippen molar-refractivity contribution >= 4 is 34.5 Å².